The molecule has 0 aromatic rings. The molecule has 0 aliphatic heterocycles. The van der Waals surface area contributed by atoms with Crippen LogP contribution in [0.2, 0.25) is 0 Å². The molecule has 0 aromatic heterocycles. The quantitative estimate of drug-likeness (QED) is 0.535. The standard InChI is InChI=1S/C6H13BN2O/c1-3-9(7)5-4-8-6(2)10/h3-5H2,1-2H3,(H,8,10). The van der Waals surface area contributed by atoms with Crippen LogP contribution in [0, 0.1) is 0 Å². The van der Waals surface area contributed by atoms with Crippen LogP contribution >= 0.6 is 0 Å². The molecule has 0 aliphatic rings. The van der Waals surface area contributed by atoms with Crippen LogP contribution in [0.1, 0.15) is 13.8 Å². The van der Waals surface area contributed by atoms with Crippen LogP contribution in [0.25, 0.3) is 0 Å². The molecular formula is C6H13BN2O. The Hall–Kier alpha value is -0.505. The van der Waals surface area contributed by atoms with E-state index < -0.39 is 0 Å². The molecule has 1 amide bonds. The molecule has 10 heavy (non-hydrogen) atoms. The van der Waals surface area contributed by atoms with Gasteiger partial charge in [0.2, 0.25) is 5.91 Å². The molecule has 0 fully saturated rings. The maximum atomic E-state index is 10.3. The van der Waals surface area contributed by atoms with Gasteiger partial charge in [-0.15, -0.1) is 0 Å². The first kappa shape index (κ1) is 9.49. The van der Waals surface area contributed by atoms with E-state index in [1.54, 1.807) is 4.81 Å². The summed E-state index contributed by atoms with van der Waals surface area (Å²) < 4.78 is 0. The summed E-state index contributed by atoms with van der Waals surface area (Å²) in [5.41, 5.74) is 0. The van der Waals surface area contributed by atoms with Crippen molar-refractivity contribution in [2.45, 2.75) is 13.8 Å². The number of rotatable bonds is 4. The van der Waals surface area contributed by atoms with E-state index in [1.165, 1.54) is 6.92 Å². The fraction of sp³-hybridized carbons (Fsp3) is 0.833. The van der Waals surface area contributed by atoms with Gasteiger partial charge in [0.1, 0.15) is 0 Å². The number of nitrogens with one attached hydrogen (secondary N) is 1. The predicted octanol–water partition coefficient (Wildman–Crippen LogP) is -0.472. The third kappa shape index (κ3) is 5.63. The van der Waals surface area contributed by atoms with E-state index in [4.69, 9.17) is 7.98 Å². The van der Waals surface area contributed by atoms with E-state index in [0.29, 0.717) is 13.1 Å². The zero-order valence-corrected chi connectivity index (χ0v) is 6.55. The highest BCUT2D eigenvalue weighted by molar-refractivity contribution is 6.04. The average molecular weight is 140 g/mol. The zero-order chi connectivity index (χ0) is 7.98. The highest BCUT2D eigenvalue weighted by Gasteiger charge is 1.93. The summed E-state index contributed by atoms with van der Waals surface area (Å²) in [5, 5.41) is 2.65. The Morgan fingerprint density at radius 2 is 2.30 bits per heavy atom. The molecule has 0 unspecified atom stereocenters. The molecule has 0 bridgehead atoms. The van der Waals surface area contributed by atoms with Crippen LogP contribution in [-0.4, -0.2) is 38.3 Å². The van der Waals surface area contributed by atoms with Crippen molar-refractivity contribution in [3.8, 4) is 0 Å². The van der Waals surface area contributed by atoms with Gasteiger partial charge in [-0.05, 0) is 6.54 Å². The van der Waals surface area contributed by atoms with Crippen molar-refractivity contribution in [2.24, 2.45) is 0 Å². The van der Waals surface area contributed by atoms with Gasteiger partial charge in [-0.3, -0.25) is 4.79 Å². The van der Waals surface area contributed by atoms with Crippen molar-refractivity contribution in [1.82, 2.24) is 10.1 Å². The van der Waals surface area contributed by atoms with Crippen LogP contribution in [0.15, 0.2) is 0 Å². The van der Waals surface area contributed by atoms with Gasteiger partial charge < -0.3 is 10.1 Å². The maximum absolute atomic E-state index is 10.3. The fourth-order valence-corrected chi connectivity index (χ4v) is 0.534. The summed E-state index contributed by atoms with van der Waals surface area (Å²) in [7, 11) is 5.44. The number of carbonyl (C=O) groups is 1. The average Bonchev–Trinajstić information content (AvgIpc) is 1.87. The Morgan fingerprint density at radius 3 is 2.70 bits per heavy atom. The number of hydrogen-bond acceptors (Lipinski definition) is 2. The van der Waals surface area contributed by atoms with Gasteiger partial charge in [0, 0.05) is 20.0 Å². The minimum Gasteiger partial charge on any atom is -0.355 e. The SMILES string of the molecule is [B]N(CC)CCNC(C)=O. The Morgan fingerprint density at radius 1 is 1.70 bits per heavy atom. The molecule has 0 spiro atoms. The predicted molar refractivity (Wildman–Crippen MR) is 41.7 cm³/mol. The van der Waals surface area contributed by atoms with Gasteiger partial charge in [-0.1, -0.05) is 6.92 Å². The summed E-state index contributed by atoms with van der Waals surface area (Å²) in [6, 6.07) is 0. The molecule has 4 heteroatoms. The van der Waals surface area contributed by atoms with Crippen LogP contribution in [0.5, 0.6) is 0 Å². The molecule has 0 saturated heterocycles. The first-order valence-electron chi connectivity index (χ1n) is 3.41. The smallest absolute Gasteiger partial charge is 0.216 e. The van der Waals surface area contributed by atoms with E-state index in [-0.39, 0.29) is 5.91 Å². The van der Waals surface area contributed by atoms with Gasteiger partial charge in [0.05, 0.1) is 0 Å². The lowest BCUT2D eigenvalue weighted by atomic mass is 10.3. The largest absolute Gasteiger partial charge is 0.355 e. The number of nitrogens with zero attached hydrogens (tertiary/aromatic N) is 1. The minimum atomic E-state index is -0.00972. The van der Waals surface area contributed by atoms with Gasteiger partial charge in [0.15, 0.2) is 7.98 Å². The summed E-state index contributed by atoms with van der Waals surface area (Å²) in [6.45, 7) is 5.59. The van der Waals surface area contributed by atoms with E-state index in [2.05, 4.69) is 5.32 Å². The Labute approximate surface area is 63.2 Å². The minimum absolute atomic E-state index is 0.00972. The Bertz CT molecular complexity index is 108. The van der Waals surface area contributed by atoms with Crippen LogP contribution in [0.4, 0.5) is 0 Å². The molecule has 1 N–H and O–H groups in total. The fourth-order valence-electron chi connectivity index (χ4n) is 0.534. The zero-order valence-electron chi connectivity index (χ0n) is 6.55. The molecule has 0 aromatic carbocycles. The third-order valence-electron chi connectivity index (χ3n) is 1.18. The van der Waals surface area contributed by atoms with Crippen molar-refractivity contribution in [3.05, 3.63) is 0 Å². The van der Waals surface area contributed by atoms with E-state index in [9.17, 15) is 4.79 Å². The Kier molecular flexibility index (Phi) is 5.03. The topological polar surface area (TPSA) is 32.3 Å². The van der Waals surface area contributed by atoms with Gasteiger partial charge >= 0.3 is 0 Å². The van der Waals surface area contributed by atoms with Gasteiger partial charge in [0.25, 0.3) is 0 Å². The van der Waals surface area contributed by atoms with E-state index in [1.807, 2.05) is 6.92 Å². The summed E-state index contributed by atoms with van der Waals surface area (Å²) in [4.78, 5) is 12.0. The van der Waals surface area contributed by atoms with Crippen molar-refractivity contribution >= 4 is 13.9 Å². The molecule has 0 heterocycles. The molecule has 2 radical (unpaired) electrons. The Balaban J connectivity index is 3.11. The van der Waals surface area contributed by atoms with Crippen molar-refractivity contribution in [1.29, 1.82) is 0 Å². The third-order valence-corrected chi connectivity index (χ3v) is 1.18. The van der Waals surface area contributed by atoms with Crippen LogP contribution < -0.4 is 5.32 Å². The molecular weight excluding hydrogens is 127 g/mol. The highest BCUT2D eigenvalue weighted by atomic mass is 16.1. The van der Waals surface area contributed by atoms with E-state index >= 15 is 0 Å². The van der Waals surface area contributed by atoms with Gasteiger partial charge in [-0.2, -0.15) is 0 Å². The second kappa shape index (κ2) is 5.29. The molecule has 56 valence electrons. The lowest BCUT2D eigenvalue weighted by Gasteiger charge is -2.13. The highest BCUT2D eigenvalue weighted by Crippen LogP contribution is 1.75. The first-order chi connectivity index (χ1) is 4.66. The normalized spacial score (nSPS) is 9.90. The first-order valence-corrected chi connectivity index (χ1v) is 3.41. The molecule has 0 atom stereocenters. The monoisotopic (exact) mass is 140 g/mol. The molecule has 0 aliphatic carbocycles. The lowest BCUT2D eigenvalue weighted by Crippen LogP contribution is -2.32. The number of carbonyl (C=O) groups excluding carboxylic acids is 1. The summed E-state index contributed by atoms with van der Waals surface area (Å²) in [5.74, 6) is -0.00972. The number of likely N-dealkylation sites (N-methyl/N-ethyl adjacent to an activating group) is 1. The van der Waals surface area contributed by atoms with Crippen molar-refractivity contribution in [2.75, 3.05) is 19.6 Å². The molecule has 0 rings (SSSR count). The lowest BCUT2D eigenvalue weighted by molar-refractivity contribution is -0.118. The molecule has 0 saturated carbocycles. The second-order valence-electron chi connectivity index (χ2n) is 2.11. The van der Waals surface area contributed by atoms with Crippen LogP contribution in [-0.2, 0) is 4.79 Å². The van der Waals surface area contributed by atoms with Crippen molar-refractivity contribution in [3.63, 3.8) is 0 Å². The van der Waals surface area contributed by atoms with E-state index in [0.717, 1.165) is 6.54 Å². The maximum Gasteiger partial charge on any atom is 0.216 e. The van der Waals surface area contributed by atoms with Crippen molar-refractivity contribution < 1.29 is 4.79 Å². The van der Waals surface area contributed by atoms with Crippen LogP contribution in [0.3, 0.4) is 0 Å². The van der Waals surface area contributed by atoms with Gasteiger partial charge in [-0.25, -0.2) is 0 Å². The number of hydrogen-bond donors (Lipinski definition) is 1. The second-order valence-corrected chi connectivity index (χ2v) is 2.11. The number of amides is 1. The molecule has 3 nitrogen and oxygen atoms in total. The summed E-state index contributed by atoms with van der Waals surface area (Å²) >= 11 is 0. The summed E-state index contributed by atoms with van der Waals surface area (Å²) in [6.07, 6.45) is 0.